The number of fused-ring (bicyclic) bond motifs is 1. The second kappa shape index (κ2) is 7.84. The topological polar surface area (TPSA) is 49.3 Å². The Hall–Kier alpha value is -1.79. The van der Waals surface area contributed by atoms with Crippen LogP contribution in [0.2, 0.25) is 0 Å². The number of urea groups is 1. The highest BCUT2D eigenvalue weighted by atomic mass is 32.1. The molecule has 4 rings (SSSR count). The molecule has 0 bridgehead atoms. The van der Waals surface area contributed by atoms with Gasteiger partial charge in [-0.25, -0.2) is 4.79 Å². The standard InChI is InChI=1S/C20H28N4OS/c1-23-12-9-16-17(13-21-20(25)22-15-7-3-2-4-8-15)19(26-18(16)14-23)24-10-5-6-11-24/h5-6,10-11,15H,2-4,7-9,12-14H2,1H3,(H2,21,22,25). The van der Waals surface area contributed by atoms with Crippen molar-refractivity contribution in [2.75, 3.05) is 13.6 Å². The number of nitrogens with one attached hydrogen (secondary N) is 2. The molecule has 26 heavy (non-hydrogen) atoms. The predicted molar refractivity (Wildman–Crippen MR) is 106 cm³/mol. The third-order valence-corrected chi connectivity index (χ3v) is 6.81. The number of aromatic nitrogens is 1. The Morgan fingerprint density at radius 1 is 1.23 bits per heavy atom. The van der Waals surface area contributed by atoms with Crippen molar-refractivity contribution < 1.29 is 4.79 Å². The van der Waals surface area contributed by atoms with Gasteiger partial charge in [-0.2, -0.15) is 0 Å². The van der Waals surface area contributed by atoms with Crippen molar-refractivity contribution in [3.63, 3.8) is 0 Å². The fourth-order valence-corrected chi connectivity index (χ4v) is 5.51. The predicted octanol–water partition coefficient (Wildman–Crippen LogP) is 3.66. The first-order valence-corrected chi connectivity index (χ1v) is 10.5. The molecule has 0 atom stereocenters. The fourth-order valence-electron chi connectivity index (χ4n) is 4.09. The van der Waals surface area contributed by atoms with Crippen LogP contribution >= 0.6 is 11.3 Å². The Kier molecular flexibility index (Phi) is 5.31. The molecule has 0 aromatic carbocycles. The molecule has 1 saturated carbocycles. The van der Waals surface area contributed by atoms with E-state index in [2.05, 4.69) is 51.7 Å². The average Bonchev–Trinajstić information content (AvgIpc) is 3.28. The van der Waals surface area contributed by atoms with E-state index in [0.717, 1.165) is 32.4 Å². The summed E-state index contributed by atoms with van der Waals surface area (Å²) in [6.07, 6.45) is 11.2. The van der Waals surface area contributed by atoms with E-state index in [9.17, 15) is 4.79 Å². The monoisotopic (exact) mass is 372 g/mol. The van der Waals surface area contributed by atoms with Crippen LogP contribution in [0.15, 0.2) is 24.5 Å². The van der Waals surface area contributed by atoms with Crippen LogP contribution < -0.4 is 10.6 Å². The minimum absolute atomic E-state index is 0.0248. The van der Waals surface area contributed by atoms with Gasteiger partial charge in [0.2, 0.25) is 0 Å². The summed E-state index contributed by atoms with van der Waals surface area (Å²) in [5, 5.41) is 7.53. The van der Waals surface area contributed by atoms with Crippen molar-refractivity contribution in [1.29, 1.82) is 0 Å². The quantitative estimate of drug-likeness (QED) is 0.860. The van der Waals surface area contributed by atoms with Crippen molar-refractivity contribution in [2.45, 2.75) is 57.7 Å². The SMILES string of the molecule is CN1CCc2c(sc(-n3cccc3)c2CNC(=O)NC2CCCCC2)C1. The summed E-state index contributed by atoms with van der Waals surface area (Å²) >= 11 is 1.86. The van der Waals surface area contributed by atoms with Crippen LogP contribution in [0.5, 0.6) is 0 Å². The van der Waals surface area contributed by atoms with Gasteiger partial charge in [-0.3, -0.25) is 0 Å². The number of hydrogen-bond acceptors (Lipinski definition) is 3. The molecule has 1 aliphatic heterocycles. The van der Waals surface area contributed by atoms with Crippen LogP contribution in [0.4, 0.5) is 4.79 Å². The number of carbonyl (C=O) groups excluding carboxylic acids is 1. The maximum absolute atomic E-state index is 12.4. The molecule has 5 nitrogen and oxygen atoms in total. The van der Waals surface area contributed by atoms with Gasteiger partial charge in [0.25, 0.3) is 0 Å². The second-order valence-corrected chi connectivity index (χ2v) is 8.61. The Morgan fingerprint density at radius 3 is 2.77 bits per heavy atom. The average molecular weight is 373 g/mol. The van der Waals surface area contributed by atoms with Gasteiger partial charge in [0.05, 0.1) is 0 Å². The first kappa shape index (κ1) is 17.6. The zero-order valence-electron chi connectivity index (χ0n) is 15.5. The molecule has 2 aromatic heterocycles. The largest absolute Gasteiger partial charge is 0.335 e. The molecule has 0 unspecified atom stereocenters. The Bertz CT molecular complexity index is 746. The summed E-state index contributed by atoms with van der Waals surface area (Å²) in [7, 11) is 2.17. The molecule has 140 valence electrons. The van der Waals surface area contributed by atoms with Gasteiger partial charge in [0.15, 0.2) is 0 Å². The number of rotatable bonds is 4. The first-order chi connectivity index (χ1) is 12.7. The smallest absolute Gasteiger partial charge is 0.315 e. The second-order valence-electron chi connectivity index (χ2n) is 7.53. The summed E-state index contributed by atoms with van der Waals surface area (Å²) in [6.45, 7) is 2.68. The van der Waals surface area contributed by atoms with E-state index < -0.39 is 0 Å². The normalized spacial score (nSPS) is 18.5. The van der Waals surface area contributed by atoms with E-state index in [1.165, 1.54) is 40.3 Å². The van der Waals surface area contributed by atoms with E-state index in [0.29, 0.717) is 12.6 Å². The summed E-state index contributed by atoms with van der Waals surface area (Å²) in [4.78, 5) is 16.2. The van der Waals surface area contributed by atoms with Crippen molar-refractivity contribution in [1.82, 2.24) is 20.1 Å². The molecule has 0 spiro atoms. The third-order valence-electron chi connectivity index (χ3n) is 5.54. The lowest BCUT2D eigenvalue weighted by Gasteiger charge is -2.24. The summed E-state index contributed by atoms with van der Waals surface area (Å²) in [6, 6.07) is 4.43. The van der Waals surface area contributed by atoms with Gasteiger partial charge in [-0.1, -0.05) is 19.3 Å². The first-order valence-electron chi connectivity index (χ1n) is 9.70. The van der Waals surface area contributed by atoms with Gasteiger partial charge in [0.1, 0.15) is 5.00 Å². The highest BCUT2D eigenvalue weighted by molar-refractivity contribution is 7.14. The molecule has 2 N–H and O–H groups in total. The van der Waals surface area contributed by atoms with Crippen molar-refractivity contribution in [3.05, 3.63) is 40.5 Å². The van der Waals surface area contributed by atoms with E-state index in [4.69, 9.17) is 0 Å². The van der Waals surface area contributed by atoms with Crippen LogP contribution in [0.1, 0.15) is 48.1 Å². The Balaban J connectivity index is 1.49. The number of hydrogen-bond donors (Lipinski definition) is 2. The van der Waals surface area contributed by atoms with Crippen molar-refractivity contribution in [2.24, 2.45) is 0 Å². The molecular weight excluding hydrogens is 344 g/mol. The van der Waals surface area contributed by atoms with E-state index in [1.54, 1.807) is 0 Å². The number of likely N-dealkylation sites (N-methyl/N-ethyl adjacent to an activating group) is 1. The fraction of sp³-hybridized carbons (Fsp3) is 0.550. The number of nitrogens with zero attached hydrogens (tertiary/aromatic N) is 2. The lowest BCUT2D eigenvalue weighted by atomic mass is 9.96. The number of carbonyl (C=O) groups is 1. The lowest BCUT2D eigenvalue weighted by molar-refractivity contribution is 0.232. The van der Waals surface area contributed by atoms with Gasteiger partial charge in [-0.15, -0.1) is 11.3 Å². The zero-order chi connectivity index (χ0) is 17.9. The zero-order valence-corrected chi connectivity index (χ0v) is 16.3. The number of thiophene rings is 1. The summed E-state index contributed by atoms with van der Waals surface area (Å²) in [5.41, 5.74) is 2.72. The van der Waals surface area contributed by atoms with Crippen LogP contribution in [0.25, 0.3) is 5.00 Å². The van der Waals surface area contributed by atoms with Gasteiger partial charge in [0, 0.05) is 48.5 Å². The molecule has 3 heterocycles. The molecule has 2 aromatic rings. The molecule has 2 amide bonds. The van der Waals surface area contributed by atoms with Gasteiger partial charge in [-0.05, 0) is 44.0 Å². The van der Waals surface area contributed by atoms with Crippen molar-refractivity contribution in [3.8, 4) is 5.00 Å². The third kappa shape index (κ3) is 3.81. The van der Waals surface area contributed by atoms with Crippen molar-refractivity contribution >= 4 is 17.4 Å². The lowest BCUT2D eigenvalue weighted by Crippen LogP contribution is -2.42. The maximum Gasteiger partial charge on any atom is 0.315 e. The Morgan fingerprint density at radius 2 is 2.00 bits per heavy atom. The molecule has 2 aliphatic rings. The molecule has 0 saturated heterocycles. The molecule has 1 fully saturated rings. The van der Waals surface area contributed by atoms with Crippen LogP contribution in [-0.2, 0) is 19.5 Å². The van der Waals surface area contributed by atoms with Gasteiger partial charge >= 0.3 is 6.03 Å². The number of amides is 2. The summed E-state index contributed by atoms with van der Waals surface area (Å²) < 4.78 is 2.18. The van der Waals surface area contributed by atoms with Gasteiger partial charge < -0.3 is 20.1 Å². The minimum atomic E-state index is -0.0248. The molecule has 1 aliphatic carbocycles. The van der Waals surface area contributed by atoms with Crippen LogP contribution in [0.3, 0.4) is 0 Å². The minimum Gasteiger partial charge on any atom is -0.335 e. The van der Waals surface area contributed by atoms with Crippen LogP contribution in [0, 0.1) is 0 Å². The Labute approximate surface area is 159 Å². The highest BCUT2D eigenvalue weighted by Crippen LogP contribution is 2.35. The van der Waals surface area contributed by atoms with E-state index in [-0.39, 0.29) is 6.03 Å². The highest BCUT2D eigenvalue weighted by Gasteiger charge is 2.24. The van der Waals surface area contributed by atoms with E-state index in [1.807, 2.05) is 11.3 Å². The van der Waals surface area contributed by atoms with E-state index >= 15 is 0 Å². The van der Waals surface area contributed by atoms with Crippen LogP contribution in [-0.4, -0.2) is 35.1 Å². The molecule has 0 radical (unpaired) electrons. The summed E-state index contributed by atoms with van der Waals surface area (Å²) in [5.74, 6) is 0. The molecule has 6 heteroatoms. The maximum atomic E-state index is 12.4. The molecular formula is C20H28N4OS.